The molecule has 0 atom stereocenters. The van der Waals surface area contributed by atoms with Gasteiger partial charge in [-0.2, -0.15) is 5.10 Å². The van der Waals surface area contributed by atoms with Crippen LogP contribution in [0.4, 0.5) is 5.82 Å². The predicted octanol–water partition coefficient (Wildman–Crippen LogP) is 0.171. The Labute approximate surface area is 97.7 Å². The second-order valence-electron chi connectivity index (χ2n) is 3.27. The molecular formula is C10H12N6O. The highest BCUT2D eigenvalue weighted by molar-refractivity contribution is 5.92. The minimum Gasteiger partial charge on any atom is -0.373 e. The number of aromatic amines is 1. The van der Waals surface area contributed by atoms with E-state index in [1.165, 1.54) is 6.33 Å². The fourth-order valence-electron chi connectivity index (χ4n) is 1.27. The van der Waals surface area contributed by atoms with Gasteiger partial charge >= 0.3 is 0 Å². The van der Waals surface area contributed by atoms with E-state index in [4.69, 9.17) is 0 Å². The molecule has 7 nitrogen and oxygen atoms in total. The Balaban J connectivity index is 1.99. The molecule has 0 radical (unpaired) electrons. The molecule has 0 aliphatic heterocycles. The number of carbonyl (C=O) groups excluding carboxylic acids is 1. The highest BCUT2D eigenvalue weighted by Gasteiger charge is 2.07. The number of H-pyrrole nitrogens is 1. The zero-order valence-corrected chi connectivity index (χ0v) is 9.27. The molecule has 2 heterocycles. The van der Waals surface area contributed by atoms with Gasteiger partial charge in [-0.05, 0) is 12.1 Å². The molecule has 1 amide bonds. The number of nitrogens with one attached hydrogen (secondary N) is 3. The Bertz CT molecular complexity index is 495. The second-order valence-corrected chi connectivity index (χ2v) is 3.27. The molecule has 17 heavy (non-hydrogen) atoms. The third-order valence-corrected chi connectivity index (χ3v) is 2.12. The van der Waals surface area contributed by atoms with Crippen LogP contribution in [0.25, 0.3) is 0 Å². The van der Waals surface area contributed by atoms with Crippen LogP contribution in [-0.2, 0) is 6.54 Å². The summed E-state index contributed by atoms with van der Waals surface area (Å²) in [6.07, 6.45) is 1.39. The molecular weight excluding hydrogens is 220 g/mol. The molecule has 2 aromatic rings. The molecule has 0 fully saturated rings. The standard InChI is InChI=1S/C10H12N6O/c1-11-8-4-2-3-7(15-8)10(17)12-5-9-13-6-14-16-9/h2-4,6H,5H2,1H3,(H,11,15)(H,12,17)(H,13,14,16). The zero-order chi connectivity index (χ0) is 12.1. The number of pyridine rings is 1. The number of hydrogen-bond donors (Lipinski definition) is 3. The first kappa shape index (κ1) is 11.1. The zero-order valence-electron chi connectivity index (χ0n) is 9.27. The lowest BCUT2D eigenvalue weighted by molar-refractivity contribution is 0.0945. The van der Waals surface area contributed by atoms with Gasteiger partial charge in [0, 0.05) is 7.05 Å². The lowest BCUT2D eigenvalue weighted by Gasteiger charge is -2.04. The summed E-state index contributed by atoms with van der Waals surface area (Å²) in [5, 5.41) is 11.9. The molecule has 2 rings (SSSR count). The number of nitrogens with zero attached hydrogens (tertiary/aromatic N) is 3. The van der Waals surface area contributed by atoms with Crippen LogP contribution in [0.5, 0.6) is 0 Å². The molecule has 0 unspecified atom stereocenters. The van der Waals surface area contributed by atoms with E-state index in [2.05, 4.69) is 30.8 Å². The Morgan fingerprint density at radius 1 is 1.47 bits per heavy atom. The lowest BCUT2D eigenvalue weighted by Crippen LogP contribution is -2.24. The maximum atomic E-state index is 11.7. The summed E-state index contributed by atoms with van der Waals surface area (Å²) < 4.78 is 0. The third kappa shape index (κ3) is 2.77. The van der Waals surface area contributed by atoms with Gasteiger partial charge in [0.2, 0.25) is 0 Å². The van der Waals surface area contributed by atoms with Gasteiger partial charge in [-0.25, -0.2) is 9.97 Å². The van der Waals surface area contributed by atoms with Crippen molar-refractivity contribution in [3.8, 4) is 0 Å². The molecule has 0 saturated carbocycles. The average Bonchev–Trinajstić information content (AvgIpc) is 2.89. The predicted molar refractivity (Wildman–Crippen MR) is 61.3 cm³/mol. The van der Waals surface area contributed by atoms with Crippen LogP contribution in [-0.4, -0.2) is 33.1 Å². The van der Waals surface area contributed by atoms with E-state index in [1.807, 2.05) is 0 Å². The van der Waals surface area contributed by atoms with Gasteiger partial charge < -0.3 is 10.6 Å². The second kappa shape index (κ2) is 5.06. The summed E-state index contributed by atoms with van der Waals surface area (Å²) in [5.41, 5.74) is 0.358. The van der Waals surface area contributed by atoms with Crippen LogP contribution in [0.2, 0.25) is 0 Å². The van der Waals surface area contributed by atoms with Gasteiger partial charge in [-0.15, -0.1) is 0 Å². The SMILES string of the molecule is CNc1cccc(C(=O)NCc2ncn[nH]2)n1. The van der Waals surface area contributed by atoms with E-state index in [0.717, 1.165) is 0 Å². The fraction of sp³-hybridized carbons (Fsp3) is 0.200. The van der Waals surface area contributed by atoms with E-state index >= 15 is 0 Å². The van der Waals surface area contributed by atoms with E-state index in [-0.39, 0.29) is 5.91 Å². The summed E-state index contributed by atoms with van der Waals surface area (Å²) in [5.74, 6) is 0.999. The molecule has 7 heteroatoms. The molecule has 0 saturated heterocycles. The minimum atomic E-state index is -0.251. The first-order valence-electron chi connectivity index (χ1n) is 5.07. The summed E-state index contributed by atoms with van der Waals surface area (Å²) in [7, 11) is 1.75. The number of amides is 1. The molecule has 0 aromatic carbocycles. The van der Waals surface area contributed by atoms with Crippen molar-refractivity contribution in [2.75, 3.05) is 12.4 Å². The van der Waals surface area contributed by atoms with Crippen molar-refractivity contribution in [2.24, 2.45) is 0 Å². The quantitative estimate of drug-likeness (QED) is 0.698. The molecule has 3 N–H and O–H groups in total. The van der Waals surface area contributed by atoms with Crippen LogP contribution in [0.1, 0.15) is 16.3 Å². The lowest BCUT2D eigenvalue weighted by atomic mass is 10.3. The van der Waals surface area contributed by atoms with Crippen molar-refractivity contribution in [2.45, 2.75) is 6.54 Å². The van der Waals surface area contributed by atoms with Gasteiger partial charge in [0.05, 0.1) is 6.54 Å². The minimum absolute atomic E-state index is 0.251. The molecule has 0 aliphatic rings. The number of hydrogen-bond acceptors (Lipinski definition) is 5. The van der Waals surface area contributed by atoms with Crippen molar-refractivity contribution in [1.82, 2.24) is 25.5 Å². The third-order valence-electron chi connectivity index (χ3n) is 2.12. The van der Waals surface area contributed by atoms with Crippen LogP contribution in [0, 0.1) is 0 Å². The fourth-order valence-corrected chi connectivity index (χ4v) is 1.27. The largest absolute Gasteiger partial charge is 0.373 e. The molecule has 0 bridgehead atoms. The highest BCUT2D eigenvalue weighted by Crippen LogP contribution is 2.03. The number of aromatic nitrogens is 4. The van der Waals surface area contributed by atoms with Crippen molar-refractivity contribution >= 4 is 11.7 Å². The van der Waals surface area contributed by atoms with Crippen molar-refractivity contribution in [3.63, 3.8) is 0 Å². The Morgan fingerprint density at radius 2 is 2.35 bits per heavy atom. The molecule has 0 aliphatic carbocycles. The smallest absolute Gasteiger partial charge is 0.270 e. The van der Waals surface area contributed by atoms with Crippen molar-refractivity contribution < 1.29 is 4.79 Å². The van der Waals surface area contributed by atoms with E-state index in [9.17, 15) is 4.79 Å². The van der Waals surface area contributed by atoms with Gasteiger partial charge in [-0.1, -0.05) is 6.07 Å². The molecule has 0 spiro atoms. The van der Waals surface area contributed by atoms with E-state index in [1.54, 1.807) is 25.2 Å². The van der Waals surface area contributed by atoms with Crippen molar-refractivity contribution in [3.05, 3.63) is 36.0 Å². The van der Waals surface area contributed by atoms with Crippen LogP contribution in [0.15, 0.2) is 24.5 Å². The monoisotopic (exact) mass is 232 g/mol. The van der Waals surface area contributed by atoms with Crippen LogP contribution >= 0.6 is 0 Å². The van der Waals surface area contributed by atoms with Gasteiger partial charge in [0.25, 0.3) is 5.91 Å². The summed E-state index contributed by atoms with van der Waals surface area (Å²) in [6.45, 7) is 0.296. The van der Waals surface area contributed by atoms with Crippen molar-refractivity contribution in [1.29, 1.82) is 0 Å². The normalized spacial score (nSPS) is 9.94. The van der Waals surface area contributed by atoms with Gasteiger partial charge in [0.1, 0.15) is 23.7 Å². The first-order chi connectivity index (χ1) is 8.29. The highest BCUT2D eigenvalue weighted by atomic mass is 16.1. The van der Waals surface area contributed by atoms with Gasteiger partial charge in [-0.3, -0.25) is 9.89 Å². The van der Waals surface area contributed by atoms with Gasteiger partial charge in [0.15, 0.2) is 0 Å². The van der Waals surface area contributed by atoms with E-state index < -0.39 is 0 Å². The Kier molecular flexibility index (Phi) is 3.29. The first-order valence-corrected chi connectivity index (χ1v) is 5.07. The molecule has 2 aromatic heterocycles. The van der Waals surface area contributed by atoms with E-state index in [0.29, 0.717) is 23.9 Å². The maximum absolute atomic E-state index is 11.7. The summed E-state index contributed by atoms with van der Waals surface area (Å²) >= 11 is 0. The maximum Gasteiger partial charge on any atom is 0.270 e. The Morgan fingerprint density at radius 3 is 3.06 bits per heavy atom. The topological polar surface area (TPSA) is 95.6 Å². The van der Waals surface area contributed by atoms with Crippen LogP contribution < -0.4 is 10.6 Å². The number of carbonyl (C=O) groups is 1. The average molecular weight is 232 g/mol. The number of anilines is 1. The van der Waals surface area contributed by atoms with Crippen LogP contribution in [0.3, 0.4) is 0 Å². The Hall–Kier alpha value is -2.44. The molecule has 88 valence electrons. The summed E-state index contributed by atoms with van der Waals surface area (Å²) in [4.78, 5) is 19.8. The summed E-state index contributed by atoms with van der Waals surface area (Å²) in [6, 6.07) is 5.20. The number of rotatable bonds is 4.